The second-order valence-electron chi connectivity index (χ2n) is 8.45. The monoisotopic (exact) mass is 521 g/mol. The number of aryl methyl sites for hydroxylation is 1. The van der Waals surface area contributed by atoms with Crippen molar-refractivity contribution in [2.45, 2.75) is 20.8 Å². The van der Waals surface area contributed by atoms with E-state index in [1.165, 1.54) is 5.56 Å². The molecule has 0 spiro atoms. The quantitative estimate of drug-likeness (QED) is 0.260. The zero-order valence-corrected chi connectivity index (χ0v) is 22.5. The summed E-state index contributed by atoms with van der Waals surface area (Å²) in [5, 5.41) is 3.04. The van der Waals surface area contributed by atoms with Crippen LogP contribution in [0.1, 0.15) is 19.4 Å². The van der Waals surface area contributed by atoms with Crippen LogP contribution >= 0.6 is 24.8 Å². The minimum Gasteiger partial charge on any atom is -0.325 e. The molecule has 0 aliphatic carbocycles. The predicted molar refractivity (Wildman–Crippen MR) is 156 cm³/mol. The molecule has 0 aliphatic heterocycles. The lowest BCUT2D eigenvalue weighted by Gasteiger charge is -2.17. The van der Waals surface area contributed by atoms with E-state index in [1.54, 1.807) is 0 Å². The Morgan fingerprint density at radius 1 is 0.722 bits per heavy atom. The summed E-state index contributed by atoms with van der Waals surface area (Å²) in [7, 11) is 0. The molecule has 0 bridgehead atoms. The first-order valence-corrected chi connectivity index (χ1v) is 11.8. The number of halogens is 2. The summed E-state index contributed by atoms with van der Waals surface area (Å²) in [6, 6.07) is 31.0. The van der Waals surface area contributed by atoms with Gasteiger partial charge in [-0.3, -0.25) is 9.69 Å². The van der Waals surface area contributed by atoms with Crippen LogP contribution in [0.5, 0.6) is 0 Å². The van der Waals surface area contributed by atoms with Gasteiger partial charge in [0.2, 0.25) is 5.91 Å². The number of amides is 1. The van der Waals surface area contributed by atoms with Crippen LogP contribution in [0.3, 0.4) is 0 Å². The number of hydrogen-bond acceptors (Lipinski definition) is 3. The number of hydrogen-bond donors (Lipinski definition) is 1. The number of pyridine rings is 1. The largest absolute Gasteiger partial charge is 0.325 e. The van der Waals surface area contributed by atoms with Crippen LogP contribution in [0, 0.1) is 6.92 Å². The van der Waals surface area contributed by atoms with E-state index in [2.05, 4.69) is 79.5 Å². The molecule has 1 amide bonds. The molecule has 1 aromatic heterocycles. The van der Waals surface area contributed by atoms with Crippen molar-refractivity contribution in [2.75, 3.05) is 25.0 Å². The van der Waals surface area contributed by atoms with E-state index in [-0.39, 0.29) is 30.7 Å². The third-order valence-corrected chi connectivity index (χ3v) is 5.98. The van der Waals surface area contributed by atoms with Gasteiger partial charge in [-0.1, -0.05) is 86.1 Å². The minimum atomic E-state index is -0.00723. The zero-order chi connectivity index (χ0) is 23.9. The maximum atomic E-state index is 12.5. The van der Waals surface area contributed by atoms with Gasteiger partial charge in [-0.05, 0) is 55.4 Å². The molecule has 1 heterocycles. The van der Waals surface area contributed by atoms with Crippen molar-refractivity contribution >= 4 is 36.4 Å². The Labute approximate surface area is 226 Å². The average Bonchev–Trinajstić information content (AvgIpc) is 2.88. The smallest absolute Gasteiger partial charge is 0.238 e. The molecule has 4 rings (SSSR count). The molecule has 188 valence electrons. The topological polar surface area (TPSA) is 45.2 Å². The second kappa shape index (κ2) is 13.8. The van der Waals surface area contributed by atoms with Gasteiger partial charge in [0.25, 0.3) is 0 Å². The predicted octanol–water partition coefficient (Wildman–Crippen LogP) is 7.51. The molecular formula is C30H33Cl2N3O. The summed E-state index contributed by atoms with van der Waals surface area (Å²) < 4.78 is 0. The Bertz CT molecular complexity index is 1260. The maximum absolute atomic E-state index is 12.5. The fraction of sp³-hybridized carbons (Fsp3) is 0.200. The van der Waals surface area contributed by atoms with Crippen LogP contribution in [-0.2, 0) is 4.79 Å². The molecule has 0 saturated carbocycles. The number of anilines is 1. The molecule has 0 atom stereocenters. The maximum Gasteiger partial charge on any atom is 0.238 e. The van der Waals surface area contributed by atoms with Crippen molar-refractivity contribution in [3.8, 4) is 33.6 Å². The Morgan fingerprint density at radius 2 is 1.33 bits per heavy atom. The van der Waals surface area contributed by atoms with Crippen LogP contribution in [-0.4, -0.2) is 35.4 Å². The van der Waals surface area contributed by atoms with Crippen LogP contribution in [0.25, 0.3) is 33.6 Å². The highest BCUT2D eigenvalue weighted by atomic mass is 35.5. The Balaban J connectivity index is 0.00000228. The van der Waals surface area contributed by atoms with Crippen LogP contribution < -0.4 is 5.32 Å². The van der Waals surface area contributed by atoms with Gasteiger partial charge in [0.1, 0.15) is 0 Å². The number of likely N-dealkylation sites (N-methyl/N-ethyl adjacent to an activating group) is 1. The van der Waals surface area contributed by atoms with E-state index >= 15 is 0 Å². The molecule has 4 aromatic rings. The van der Waals surface area contributed by atoms with E-state index < -0.39 is 0 Å². The summed E-state index contributed by atoms with van der Waals surface area (Å²) in [5.41, 5.74) is 8.09. The first-order valence-electron chi connectivity index (χ1n) is 11.8. The highest BCUT2D eigenvalue weighted by Gasteiger charge is 2.11. The molecule has 36 heavy (non-hydrogen) atoms. The number of carbonyl (C=O) groups is 1. The van der Waals surface area contributed by atoms with Crippen LogP contribution in [0.4, 0.5) is 5.69 Å². The average molecular weight is 523 g/mol. The lowest BCUT2D eigenvalue weighted by atomic mass is 9.99. The molecule has 0 radical (unpaired) electrons. The number of nitrogens with one attached hydrogen (secondary N) is 1. The van der Waals surface area contributed by atoms with Crippen LogP contribution in [0.15, 0.2) is 91.0 Å². The van der Waals surface area contributed by atoms with E-state index in [0.717, 1.165) is 52.4 Å². The first kappa shape index (κ1) is 29.1. The Morgan fingerprint density at radius 3 is 1.97 bits per heavy atom. The highest BCUT2D eigenvalue weighted by molar-refractivity contribution is 5.93. The van der Waals surface area contributed by atoms with Crippen LogP contribution in [0.2, 0.25) is 0 Å². The van der Waals surface area contributed by atoms with E-state index in [9.17, 15) is 4.79 Å². The fourth-order valence-electron chi connectivity index (χ4n) is 3.96. The molecule has 6 heteroatoms. The molecule has 4 nitrogen and oxygen atoms in total. The number of rotatable bonds is 8. The third-order valence-electron chi connectivity index (χ3n) is 5.98. The second-order valence-corrected chi connectivity index (χ2v) is 8.45. The molecule has 0 fully saturated rings. The molecule has 1 N–H and O–H groups in total. The Hall–Kier alpha value is -3.18. The highest BCUT2D eigenvalue weighted by Crippen LogP contribution is 2.31. The third kappa shape index (κ3) is 7.41. The first-order chi connectivity index (χ1) is 16.6. The van der Waals surface area contributed by atoms with Crippen molar-refractivity contribution in [2.24, 2.45) is 0 Å². The van der Waals surface area contributed by atoms with Gasteiger partial charge in [0.05, 0.1) is 17.9 Å². The summed E-state index contributed by atoms with van der Waals surface area (Å²) >= 11 is 0. The van der Waals surface area contributed by atoms with Crippen molar-refractivity contribution in [1.82, 2.24) is 9.88 Å². The number of nitrogens with zero attached hydrogens (tertiary/aromatic N) is 2. The molecular weight excluding hydrogens is 489 g/mol. The van der Waals surface area contributed by atoms with Gasteiger partial charge in [-0.15, -0.1) is 24.8 Å². The number of aromatic nitrogens is 1. The van der Waals surface area contributed by atoms with Gasteiger partial charge in [0, 0.05) is 16.8 Å². The SMILES string of the molecule is CCN(CC)CC(=O)Nc1cccc(-c2cc(-c3ccc(C)cc3)cc(-c3ccccc3)n2)c1.Cl.Cl. The van der Waals surface area contributed by atoms with Crippen molar-refractivity contribution in [1.29, 1.82) is 0 Å². The van der Waals surface area contributed by atoms with Crippen molar-refractivity contribution < 1.29 is 4.79 Å². The fourth-order valence-corrected chi connectivity index (χ4v) is 3.96. The minimum absolute atomic E-state index is 0. The normalized spacial score (nSPS) is 10.3. The summed E-state index contributed by atoms with van der Waals surface area (Å²) in [4.78, 5) is 19.6. The van der Waals surface area contributed by atoms with Gasteiger partial charge in [-0.2, -0.15) is 0 Å². The van der Waals surface area contributed by atoms with E-state index in [4.69, 9.17) is 4.98 Å². The van der Waals surface area contributed by atoms with Crippen molar-refractivity contribution in [3.63, 3.8) is 0 Å². The summed E-state index contributed by atoms with van der Waals surface area (Å²) in [5.74, 6) is -0.00723. The standard InChI is InChI=1S/C30H31N3O.2ClH/c1-4-33(5-2)21-30(34)31-27-13-9-12-25(18-27)29-20-26(23-16-14-22(3)15-17-23)19-28(32-29)24-10-7-6-8-11-24;;/h6-20H,4-5,21H2,1-3H3,(H,31,34);2*1H. The summed E-state index contributed by atoms with van der Waals surface area (Å²) in [6.45, 7) is 8.31. The molecule has 0 aliphatic rings. The van der Waals surface area contributed by atoms with E-state index in [0.29, 0.717) is 6.54 Å². The zero-order valence-electron chi connectivity index (χ0n) is 20.9. The van der Waals surface area contributed by atoms with Gasteiger partial charge >= 0.3 is 0 Å². The van der Waals surface area contributed by atoms with E-state index in [1.807, 2.05) is 42.5 Å². The lowest BCUT2D eigenvalue weighted by Crippen LogP contribution is -2.32. The van der Waals surface area contributed by atoms with Crippen molar-refractivity contribution in [3.05, 3.63) is 96.6 Å². The molecule has 0 saturated heterocycles. The summed E-state index contributed by atoms with van der Waals surface area (Å²) in [6.07, 6.45) is 0. The Kier molecular flexibility index (Phi) is 11.1. The van der Waals surface area contributed by atoms with Gasteiger partial charge < -0.3 is 5.32 Å². The lowest BCUT2D eigenvalue weighted by molar-refractivity contribution is -0.117. The molecule has 0 unspecified atom stereocenters. The van der Waals surface area contributed by atoms with Gasteiger partial charge in [-0.25, -0.2) is 4.98 Å². The number of benzene rings is 3. The van der Waals surface area contributed by atoms with Gasteiger partial charge in [0.15, 0.2) is 0 Å². The molecule has 3 aromatic carbocycles. The number of carbonyl (C=O) groups excluding carboxylic acids is 1.